The summed E-state index contributed by atoms with van der Waals surface area (Å²) in [6.45, 7) is 6.30. The monoisotopic (exact) mass is 263 g/mol. The highest BCUT2D eigenvalue weighted by atomic mass is 16.4. The number of aryl methyl sites for hydroxylation is 2. The van der Waals surface area contributed by atoms with Crippen LogP contribution in [0.25, 0.3) is 0 Å². The Morgan fingerprint density at radius 1 is 1.26 bits per heavy atom. The molecule has 4 nitrogen and oxygen atoms in total. The molecule has 0 radical (unpaired) electrons. The number of aliphatic carboxylic acids is 1. The molecule has 0 aliphatic carbocycles. The fraction of sp³-hybridized carbons (Fsp3) is 0.533. The second kappa shape index (κ2) is 5.61. The molecule has 0 spiro atoms. The highest BCUT2D eigenvalue weighted by molar-refractivity contribution is 5.70. The van der Waals surface area contributed by atoms with E-state index in [0.717, 1.165) is 43.6 Å². The maximum Gasteiger partial charge on any atom is 0.306 e. The molecular weight excluding hydrogens is 242 g/mol. The van der Waals surface area contributed by atoms with E-state index in [0.29, 0.717) is 5.75 Å². The molecule has 2 N–H and O–H groups in total. The van der Waals surface area contributed by atoms with Crippen molar-refractivity contribution in [3.63, 3.8) is 0 Å². The molecule has 1 aromatic carbocycles. The van der Waals surface area contributed by atoms with E-state index in [1.54, 1.807) is 0 Å². The zero-order valence-corrected chi connectivity index (χ0v) is 11.5. The average molecular weight is 263 g/mol. The minimum atomic E-state index is -0.670. The molecule has 1 heterocycles. The van der Waals surface area contributed by atoms with Gasteiger partial charge in [0.15, 0.2) is 0 Å². The average Bonchev–Trinajstić information content (AvgIpc) is 2.36. The van der Waals surface area contributed by atoms with Crippen molar-refractivity contribution in [3.8, 4) is 5.75 Å². The third kappa shape index (κ3) is 3.26. The summed E-state index contributed by atoms with van der Waals surface area (Å²) in [5.74, 6) is -0.483. The third-order valence-electron chi connectivity index (χ3n) is 3.89. The van der Waals surface area contributed by atoms with Gasteiger partial charge in [-0.2, -0.15) is 0 Å². The van der Waals surface area contributed by atoms with Crippen LogP contribution in [0.15, 0.2) is 12.1 Å². The SMILES string of the molecule is Cc1cc(CN2CCC(C(=O)O)CC2)cc(C)c1O. The summed E-state index contributed by atoms with van der Waals surface area (Å²) in [6, 6.07) is 4.01. The molecule has 1 aliphatic heterocycles. The molecule has 4 heteroatoms. The molecule has 0 saturated carbocycles. The number of nitrogens with zero attached hydrogens (tertiary/aromatic N) is 1. The van der Waals surface area contributed by atoms with E-state index in [9.17, 15) is 9.90 Å². The predicted molar refractivity (Wildman–Crippen MR) is 73.2 cm³/mol. The molecule has 1 saturated heterocycles. The second-order valence-corrected chi connectivity index (χ2v) is 5.47. The molecule has 19 heavy (non-hydrogen) atoms. The number of phenols is 1. The summed E-state index contributed by atoms with van der Waals surface area (Å²) in [7, 11) is 0. The first-order valence-electron chi connectivity index (χ1n) is 6.71. The summed E-state index contributed by atoms with van der Waals surface area (Å²) in [6.07, 6.45) is 1.46. The van der Waals surface area contributed by atoms with E-state index in [4.69, 9.17) is 5.11 Å². The lowest BCUT2D eigenvalue weighted by Crippen LogP contribution is -2.35. The predicted octanol–water partition coefficient (Wildman–Crippen LogP) is 2.31. The largest absolute Gasteiger partial charge is 0.507 e. The number of hydrogen-bond donors (Lipinski definition) is 2. The summed E-state index contributed by atoms with van der Waals surface area (Å²) < 4.78 is 0. The van der Waals surface area contributed by atoms with Crippen LogP contribution in [-0.2, 0) is 11.3 Å². The Morgan fingerprint density at radius 2 is 1.79 bits per heavy atom. The van der Waals surface area contributed by atoms with Crippen LogP contribution in [0.2, 0.25) is 0 Å². The standard InChI is InChI=1S/C15H21NO3/c1-10-7-12(8-11(2)14(10)17)9-16-5-3-13(4-6-16)15(18)19/h7-8,13,17H,3-6,9H2,1-2H3,(H,18,19). The van der Waals surface area contributed by atoms with Crippen LogP contribution < -0.4 is 0 Å². The van der Waals surface area contributed by atoms with E-state index in [1.165, 1.54) is 5.56 Å². The van der Waals surface area contributed by atoms with E-state index in [1.807, 2.05) is 26.0 Å². The lowest BCUT2D eigenvalue weighted by atomic mass is 9.96. The number of carboxylic acid groups (broad SMARTS) is 1. The second-order valence-electron chi connectivity index (χ2n) is 5.47. The number of rotatable bonds is 3. The van der Waals surface area contributed by atoms with Crippen molar-refractivity contribution >= 4 is 5.97 Å². The van der Waals surface area contributed by atoms with Crippen LogP contribution in [0.3, 0.4) is 0 Å². The van der Waals surface area contributed by atoms with Crippen molar-refractivity contribution in [1.29, 1.82) is 0 Å². The first-order valence-corrected chi connectivity index (χ1v) is 6.71. The van der Waals surface area contributed by atoms with Crippen LogP contribution >= 0.6 is 0 Å². The topological polar surface area (TPSA) is 60.8 Å². The number of piperidine rings is 1. The van der Waals surface area contributed by atoms with Gasteiger partial charge in [0, 0.05) is 6.54 Å². The Balaban J connectivity index is 1.98. The van der Waals surface area contributed by atoms with Gasteiger partial charge in [0.2, 0.25) is 0 Å². The third-order valence-corrected chi connectivity index (χ3v) is 3.89. The Kier molecular flexibility index (Phi) is 4.10. The van der Waals surface area contributed by atoms with Crippen LogP contribution in [0, 0.1) is 19.8 Å². The molecule has 0 bridgehead atoms. The van der Waals surface area contributed by atoms with Gasteiger partial charge in [-0.15, -0.1) is 0 Å². The molecule has 0 unspecified atom stereocenters. The quantitative estimate of drug-likeness (QED) is 0.878. The fourth-order valence-electron chi connectivity index (χ4n) is 2.73. The normalized spacial score (nSPS) is 17.6. The number of carboxylic acids is 1. The maximum absolute atomic E-state index is 10.9. The van der Waals surface area contributed by atoms with Gasteiger partial charge in [0.05, 0.1) is 5.92 Å². The number of likely N-dealkylation sites (tertiary alicyclic amines) is 1. The smallest absolute Gasteiger partial charge is 0.306 e. The molecule has 104 valence electrons. The molecule has 2 rings (SSSR count). The lowest BCUT2D eigenvalue weighted by molar-refractivity contribution is -0.143. The zero-order valence-electron chi connectivity index (χ0n) is 11.5. The van der Waals surface area contributed by atoms with Crippen molar-refractivity contribution in [2.75, 3.05) is 13.1 Å². The minimum absolute atomic E-state index is 0.181. The van der Waals surface area contributed by atoms with Gasteiger partial charge in [0.1, 0.15) is 5.75 Å². The van der Waals surface area contributed by atoms with E-state index >= 15 is 0 Å². The first-order chi connectivity index (χ1) is 8.97. The highest BCUT2D eigenvalue weighted by Gasteiger charge is 2.24. The molecular formula is C15H21NO3. The number of hydrogen-bond acceptors (Lipinski definition) is 3. The Bertz CT molecular complexity index is 453. The molecule has 1 fully saturated rings. The van der Waals surface area contributed by atoms with Crippen LogP contribution in [-0.4, -0.2) is 34.2 Å². The van der Waals surface area contributed by atoms with Crippen LogP contribution in [0.5, 0.6) is 5.75 Å². The summed E-state index contributed by atoms with van der Waals surface area (Å²) in [5.41, 5.74) is 2.98. The van der Waals surface area contributed by atoms with E-state index in [2.05, 4.69) is 4.90 Å². The first kappa shape index (κ1) is 13.9. The number of aromatic hydroxyl groups is 1. The lowest BCUT2D eigenvalue weighted by Gasteiger charge is -2.30. The maximum atomic E-state index is 10.9. The molecule has 1 aliphatic rings. The molecule has 0 aromatic heterocycles. The van der Waals surface area contributed by atoms with Crippen LogP contribution in [0.1, 0.15) is 29.5 Å². The number of carbonyl (C=O) groups is 1. The number of phenolic OH excluding ortho intramolecular Hbond substituents is 1. The van der Waals surface area contributed by atoms with Gasteiger partial charge in [0.25, 0.3) is 0 Å². The van der Waals surface area contributed by atoms with Gasteiger partial charge < -0.3 is 10.2 Å². The summed E-state index contributed by atoms with van der Waals surface area (Å²) in [5, 5.41) is 18.7. The minimum Gasteiger partial charge on any atom is -0.507 e. The van der Waals surface area contributed by atoms with Crippen LogP contribution in [0.4, 0.5) is 0 Å². The number of benzene rings is 1. The molecule has 0 atom stereocenters. The summed E-state index contributed by atoms with van der Waals surface area (Å²) in [4.78, 5) is 13.2. The van der Waals surface area contributed by atoms with Gasteiger partial charge in [-0.25, -0.2) is 0 Å². The summed E-state index contributed by atoms with van der Waals surface area (Å²) >= 11 is 0. The zero-order chi connectivity index (χ0) is 14.0. The highest BCUT2D eigenvalue weighted by Crippen LogP contribution is 2.25. The fourth-order valence-corrected chi connectivity index (χ4v) is 2.73. The van der Waals surface area contributed by atoms with E-state index in [-0.39, 0.29) is 5.92 Å². The van der Waals surface area contributed by atoms with Gasteiger partial charge in [-0.05, 0) is 56.5 Å². The van der Waals surface area contributed by atoms with E-state index < -0.39 is 5.97 Å². The molecule has 0 amide bonds. The van der Waals surface area contributed by atoms with Gasteiger partial charge >= 0.3 is 5.97 Å². The Morgan fingerprint density at radius 3 is 2.26 bits per heavy atom. The Labute approximate surface area is 113 Å². The molecule has 1 aromatic rings. The van der Waals surface area contributed by atoms with Crippen molar-refractivity contribution in [3.05, 3.63) is 28.8 Å². The van der Waals surface area contributed by atoms with Gasteiger partial charge in [-0.3, -0.25) is 9.69 Å². The Hall–Kier alpha value is -1.55. The van der Waals surface area contributed by atoms with Crippen molar-refractivity contribution < 1.29 is 15.0 Å². The van der Waals surface area contributed by atoms with Crippen molar-refractivity contribution in [2.45, 2.75) is 33.2 Å². The van der Waals surface area contributed by atoms with Crippen molar-refractivity contribution in [1.82, 2.24) is 4.90 Å². The van der Waals surface area contributed by atoms with Crippen molar-refractivity contribution in [2.24, 2.45) is 5.92 Å². The van der Waals surface area contributed by atoms with Gasteiger partial charge in [-0.1, -0.05) is 12.1 Å².